The van der Waals surface area contributed by atoms with Crippen molar-refractivity contribution >= 4 is 39.9 Å². The lowest BCUT2D eigenvalue weighted by atomic mass is 9.70. The highest BCUT2D eigenvalue weighted by Gasteiger charge is 2.51. The molecular weight excluding hydrogens is 603 g/mol. The largest absolute Gasteiger partial charge is 0.356 e. The predicted octanol–water partition coefficient (Wildman–Crippen LogP) is 9.96. The van der Waals surface area contributed by atoms with Crippen LogP contribution in [0.4, 0.5) is 5.69 Å². The van der Waals surface area contributed by atoms with Gasteiger partial charge in [0.05, 0.1) is 18.5 Å². The predicted molar refractivity (Wildman–Crippen MR) is 191 cm³/mol. The molecular formula is C41H33NO2S2. The molecule has 3 nitrogen and oxygen atoms in total. The van der Waals surface area contributed by atoms with Crippen LogP contribution in [0.3, 0.4) is 0 Å². The number of anilines is 1. The van der Waals surface area contributed by atoms with Crippen LogP contribution in [0.25, 0.3) is 22.3 Å². The summed E-state index contributed by atoms with van der Waals surface area (Å²) < 4.78 is 0. The summed E-state index contributed by atoms with van der Waals surface area (Å²) >= 11 is 3.28. The van der Waals surface area contributed by atoms with E-state index in [1.165, 1.54) is 44.5 Å². The van der Waals surface area contributed by atoms with E-state index in [2.05, 4.69) is 91.0 Å². The van der Waals surface area contributed by atoms with Crippen LogP contribution in [0.15, 0.2) is 103 Å². The summed E-state index contributed by atoms with van der Waals surface area (Å²) in [7, 11) is 0. The average Bonchev–Trinajstić information content (AvgIpc) is 3.77. The maximum Gasteiger partial charge on any atom is 0.183 e. The van der Waals surface area contributed by atoms with Crippen molar-refractivity contribution in [3.63, 3.8) is 0 Å². The fourth-order valence-corrected chi connectivity index (χ4v) is 9.74. The monoisotopic (exact) mass is 635 g/mol. The minimum atomic E-state index is -0.489. The Morgan fingerprint density at radius 3 is 1.37 bits per heavy atom. The molecule has 0 N–H and O–H groups in total. The summed E-state index contributed by atoms with van der Waals surface area (Å²) in [5.41, 5.74) is 11.8. The molecule has 0 unspecified atom stereocenters. The molecule has 6 aromatic rings. The van der Waals surface area contributed by atoms with Gasteiger partial charge in [-0.3, -0.25) is 9.59 Å². The zero-order chi connectivity index (χ0) is 31.7. The van der Waals surface area contributed by atoms with E-state index < -0.39 is 5.41 Å². The van der Waals surface area contributed by atoms with Crippen LogP contribution in [-0.4, -0.2) is 24.7 Å². The number of carbonyl (C=O) groups is 2. The molecule has 0 bridgehead atoms. The van der Waals surface area contributed by atoms with Gasteiger partial charge in [-0.1, -0.05) is 78.9 Å². The number of hydrogen-bond acceptors (Lipinski definition) is 5. The second-order valence-corrected chi connectivity index (χ2v) is 15.4. The molecule has 0 radical (unpaired) electrons. The van der Waals surface area contributed by atoms with Gasteiger partial charge in [0.15, 0.2) is 11.6 Å². The van der Waals surface area contributed by atoms with Crippen molar-refractivity contribution in [2.75, 3.05) is 18.0 Å². The minimum absolute atomic E-state index is 0.0305. The molecule has 2 aliphatic carbocycles. The lowest BCUT2D eigenvalue weighted by Gasteiger charge is -2.32. The molecule has 46 heavy (non-hydrogen) atoms. The third-order valence-electron chi connectivity index (χ3n) is 9.70. The van der Waals surface area contributed by atoms with Crippen LogP contribution in [0.5, 0.6) is 0 Å². The number of hydrogen-bond donors (Lipinski definition) is 0. The third kappa shape index (κ3) is 4.22. The van der Waals surface area contributed by atoms with Crippen LogP contribution in [0.1, 0.15) is 62.5 Å². The molecule has 226 valence electrons. The Morgan fingerprint density at radius 1 is 0.543 bits per heavy atom. The third-order valence-corrected chi connectivity index (χ3v) is 11.6. The maximum absolute atomic E-state index is 13.9. The van der Waals surface area contributed by atoms with Crippen molar-refractivity contribution < 1.29 is 9.59 Å². The minimum Gasteiger partial charge on any atom is -0.356 e. The topological polar surface area (TPSA) is 37.4 Å². The second-order valence-electron chi connectivity index (χ2n) is 12.5. The van der Waals surface area contributed by atoms with Gasteiger partial charge in [0.1, 0.15) is 0 Å². The first-order valence-electron chi connectivity index (χ1n) is 15.7. The van der Waals surface area contributed by atoms with E-state index in [4.69, 9.17) is 0 Å². The van der Waals surface area contributed by atoms with Gasteiger partial charge in [0.25, 0.3) is 0 Å². The van der Waals surface area contributed by atoms with Crippen molar-refractivity contribution in [1.82, 2.24) is 0 Å². The summed E-state index contributed by atoms with van der Waals surface area (Å²) in [4.78, 5) is 34.0. The van der Waals surface area contributed by atoms with Gasteiger partial charge in [-0.25, -0.2) is 0 Å². The van der Waals surface area contributed by atoms with Crippen molar-refractivity contribution in [2.45, 2.75) is 33.1 Å². The highest BCUT2D eigenvalue weighted by atomic mass is 32.1. The fourth-order valence-electron chi connectivity index (χ4n) is 7.85. The summed E-state index contributed by atoms with van der Waals surface area (Å²) in [5, 5.41) is 0. The van der Waals surface area contributed by atoms with E-state index in [9.17, 15) is 9.59 Å². The molecule has 0 aliphatic heterocycles. The highest BCUT2D eigenvalue weighted by molar-refractivity contribution is 7.12. The summed E-state index contributed by atoms with van der Waals surface area (Å²) in [5.74, 6) is 0.0610. The Morgan fingerprint density at radius 2 is 0.957 bits per heavy atom. The van der Waals surface area contributed by atoms with E-state index in [-0.39, 0.29) is 24.7 Å². The van der Waals surface area contributed by atoms with Crippen LogP contribution < -0.4 is 4.90 Å². The van der Waals surface area contributed by atoms with Crippen LogP contribution in [-0.2, 0) is 5.41 Å². The van der Waals surface area contributed by atoms with Gasteiger partial charge in [-0.2, -0.15) is 0 Å². The molecule has 2 heterocycles. The number of carbonyl (C=O) groups excluding carboxylic acids is 2. The lowest BCUT2D eigenvalue weighted by Crippen LogP contribution is -2.35. The number of thiophene rings is 2. The molecule has 0 saturated carbocycles. The molecule has 2 aromatic heterocycles. The molecule has 0 saturated heterocycles. The van der Waals surface area contributed by atoms with E-state index in [0.29, 0.717) is 0 Å². The van der Waals surface area contributed by atoms with Crippen molar-refractivity contribution in [1.29, 1.82) is 0 Å². The van der Waals surface area contributed by atoms with E-state index in [0.717, 1.165) is 36.3 Å². The van der Waals surface area contributed by atoms with Crippen molar-refractivity contribution in [3.05, 3.63) is 156 Å². The fraction of sp³-hybridized carbons (Fsp3) is 0.171. The number of benzene rings is 4. The average molecular weight is 636 g/mol. The molecule has 4 aromatic carbocycles. The Hall–Kier alpha value is -4.58. The Balaban J connectivity index is 1.31. The number of aryl methyl sites for hydroxylation is 4. The number of nitrogens with zero attached hydrogens (tertiary/aromatic N) is 1. The first kappa shape index (κ1) is 28.9. The lowest BCUT2D eigenvalue weighted by molar-refractivity contribution is 0.0984. The van der Waals surface area contributed by atoms with Crippen LogP contribution >= 0.6 is 22.7 Å². The molecule has 1 spiro atoms. The zero-order valence-corrected chi connectivity index (χ0v) is 27.9. The van der Waals surface area contributed by atoms with E-state index >= 15 is 0 Å². The first-order valence-corrected chi connectivity index (χ1v) is 17.3. The van der Waals surface area contributed by atoms with E-state index in [1.807, 2.05) is 44.7 Å². The number of Topliss-reactive ketones (excluding diaryl/α,β-unsaturated/α-hetero) is 2. The number of rotatable bonds is 7. The van der Waals surface area contributed by atoms with Gasteiger partial charge < -0.3 is 4.90 Å². The van der Waals surface area contributed by atoms with Crippen molar-refractivity contribution in [2.24, 2.45) is 0 Å². The van der Waals surface area contributed by atoms with Gasteiger partial charge in [0, 0.05) is 36.3 Å². The normalized spacial score (nSPS) is 13.3. The second kappa shape index (κ2) is 10.8. The number of ketones is 2. The Kier molecular flexibility index (Phi) is 6.75. The Labute approximate surface area is 277 Å². The van der Waals surface area contributed by atoms with E-state index in [1.54, 1.807) is 22.7 Å². The highest BCUT2D eigenvalue weighted by Crippen LogP contribution is 2.63. The molecule has 8 rings (SSSR count). The van der Waals surface area contributed by atoms with Crippen LogP contribution in [0, 0.1) is 27.7 Å². The van der Waals surface area contributed by atoms with Gasteiger partial charge in [-0.05, 0) is 96.5 Å². The molecule has 0 atom stereocenters. The Bertz CT molecular complexity index is 2090. The van der Waals surface area contributed by atoms with Crippen molar-refractivity contribution in [3.8, 4) is 22.3 Å². The quantitative estimate of drug-likeness (QED) is 0.164. The summed E-state index contributed by atoms with van der Waals surface area (Å²) in [6.07, 6.45) is 0. The summed E-state index contributed by atoms with van der Waals surface area (Å²) in [6.45, 7) is 8.32. The maximum atomic E-state index is 13.9. The van der Waals surface area contributed by atoms with Crippen LogP contribution in [0.2, 0.25) is 0 Å². The van der Waals surface area contributed by atoms with Gasteiger partial charge in [0.2, 0.25) is 0 Å². The first-order chi connectivity index (χ1) is 22.3. The summed E-state index contributed by atoms with van der Waals surface area (Å²) in [6, 6.07) is 36.8. The molecule has 5 heteroatoms. The smallest absolute Gasteiger partial charge is 0.183 e. The SMILES string of the molecule is Cc1cc(C(=O)CN(CC(=O)c2cc(C)sc2C)c2ccc3c(c2)C2(c4ccccc4-c4ccccc42)c2ccccc2-3)c(C)s1. The molecule has 0 amide bonds. The van der Waals surface area contributed by atoms with Gasteiger partial charge in [-0.15, -0.1) is 22.7 Å². The standard InChI is InChI=1S/C41H33NO2S2/c1-24-19-33(26(3)45-24)39(43)22-42(23-40(44)34-20-25(2)46-27(34)4)28-17-18-32-31-13-7-10-16-37(31)41(38(32)21-28)35-14-8-5-11-29(35)30-12-6-9-15-36(30)41/h5-21H,22-23H2,1-4H3. The zero-order valence-electron chi connectivity index (χ0n) is 26.3. The molecule has 2 aliphatic rings. The number of fused-ring (bicyclic) bond motifs is 10. The van der Waals surface area contributed by atoms with Gasteiger partial charge >= 0.3 is 0 Å². The molecule has 0 fully saturated rings.